The van der Waals surface area contributed by atoms with E-state index in [1.807, 2.05) is 6.08 Å². The number of ether oxygens (including phenoxy) is 1. The molecule has 2 atom stereocenters. The molecule has 1 heterocycles. The molecule has 1 amide bonds. The molecule has 0 spiro atoms. The Morgan fingerprint density at radius 2 is 1.62 bits per heavy atom. The van der Waals surface area contributed by atoms with Crippen molar-refractivity contribution in [3.8, 4) is 5.75 Å². The molecule has 3 aromatic rings. The minimum absolute atomic E-state index is 0.00638. The summed E-state index contributed by atoms with van der Waals surface area (Å²) in [6, 6.07) is 19.2. The molecule has 2 unspecified atom stereocenters. The maximum atomic E-state index is 13.7. The van der Waals surface area contributed by atoms with Crippen molar-refractivity contribution >= 4 is 17.7 Å². The molecule has 1 fully saturated rings. The molecule has 0 aromatic heterocycles. The summed E-state index contributed by atoms with van der Waals surface area (Å²) < 4.78 is 32.3. The van der Waals surface area contributed by atoms with Crippen LogP contribution in [0.2, 0.25) is 0 Å². The standard InChI is InChI=1S/C28H24F2N2O2/c1-34-24-15-9-20(10-16-24)28(33)32-27(19-7-13-23(30)14-8-19)25-4-2-3-21(26(25)31-32)17-18-5-11-22(29)12-6-18/h5-17,25,27H,2-4H2,1H3/b21-17-. The lowest BCUT2D eigenvalue weighted by Crippen LogP contribution is -2.31. The van der Waals surface area contributed by atoms with Gasteiger partial charge in [0.05, 0.1) is 18.9 Å². The summed E-state index contributed by atoms with van der Waals surface area (Å²) in [6.45, 7) is 0. The number of allylic oxidation sites excluding steroid dienone is 1. The number of nitrogens with zero attached hydrogens (tertiary/aromatic N) is 2. The van der Waals surface area contributed by atoms with Crippen molar-refractivity contribution in [2.45, 2.75) is 25.3 Å². The van der Waals surface area contributed by atoms with Gasteiger partial charge in [0.25, 0.3) is 5.91 Å². The van der Waals surface area contributed by atoms with Gasteiger partial charge in [-0.25, -0.2) is 13.8 Å². The molecular formula is C28H24F2N2O2. The third kappa shape index (κ3) is 4.23. The van der Waals surface area contributed by atoms with Gasteiger partial charge in [-0.3, -0.25) is 4.79 Å². The van der Waals surface area contributed by atoms with Gasteiger partial charge in [-0.05, 0) is 90.6 Å². The van der Waals surface area contributed by atoms with Gasteiger partial charge in [0.2, 0.25) is 0 Å². The zero-order valence-corrected chi connectivity index (χ0v) is 18.7. The van der Waals surface area contributed by atoms with Crippen molar-refractivity contribution in [3.05, 3.63) is 107 Å². The smallest absolute Gasteiger partial charge is 0.274 e. The molecule has 0 N–H and O–H groups in total. The van der Waals surface area contributed by atoms with Crippen LogP contribution in [0.4, 0.5) is 8.78 Å². The molecule has 0 bridgehead atoms. The fourth-order valence-corrected chi connectivity index (χ4v) is 4.79. The average Bonchev–Trinajstić information content (AvgIpc) is 3.26. The van der Waals surface area contributed by atoms with E-state index >= 15 is 0 Å². The highest BCUT2D eigenvalue weighted by molar-refractivity contribution is 6.09. The third-order valence-corrected chi connectivity index (χ3v) is 6.47. The number of hydrogen-bond acceptors (Lipinski definition) is 3. The molecule has 6 heteroatoms. The predicted molar refractivity (Wildman–Crippen MR) is 127 cm³/mol. The van der Waals surface area contributed by atoms with Crippen molar-refractivity contribution in [2.75, 3.05) is 7.11 Å². The highest BCUT2D eigenvalue weighted by atomic mass is 19.1. The Labute approximate surface area is 197 Å². The minimum atomic E-state index is -0.331. The van der Waals surface area contributed by atoms with E-state index in [1.165, 1.54) is 24.3 Å². The van der Waals surface area contributed by atoms with Crippen LogP contribution in [0, 0.1) is 17.6 Å². The van der Waals surface area contributed by atoms with Gasteiger partial charge in [-0.1, -0.05) is 24.3 Å². The van der Waals surface area contributed by atoms with Crippen LogP contribution in [0.5, 0.6) is 5.75 Å². The lowest BCUT2D eigenvalue weighted by Gasteiger charge is -2.29. The summed E-state index contributed by atoms with van der Waals surface area (Å²) in [5.41, 5.74) is 4.14. The first kappa shape index (κ1) is 22.0. The SMILES string of the molecule is COc1ccc(C(=O)N2N=C3/C(=C\c4ccc(F)cc4)CCCC3C2c2ccc(F)cc2)cc1. The summed E-state index contributed by atoms with van der Waals surface area (Å²) >= 11 is 0. The quantitative estimate of drug-likeness (QED) is 0.453. The number of hydrazone groups is 1. The lowest BCUT2D eigenvalue weighted by molar-refractivity contribution is 0.0681. The molecule has 1 aliphatic heterocycles. The fraction of sp³-hybridized carbons (Fsp3) is 0.214. The van der Waals surface area contributed by atoms with E-state index in [4.69, 9.17) is 9.84 Å². The van der Waals surface area contributed by atoms with Crippen LogP contribution in [0.1, 0.15) is 46.8 Å². The van der Waals surface area contributed by atoms with Crippen LogP contribution in [0.3, 0.4) is 0 Å². The molecule has 0 saturated heterocycles. The molecule has 34 heavy (non-hydrogen) atoms. The van der Waals surface area contributed by atoms with Gasteiger partial charge in [0, 0.05) is 11.5 Å². The van der Waals surface area contributed by atoms with E-state index in [2.05, 4.69) is 0 Å². The number of rotatable bonds is 4. The molecule has 172 valence electrons. The van der Waals surface area contributed by atoms with Crippen molar-refractivity contribution < 1.29 is 18.3 Å². The molecule has 0 radical (unpaired) electrons. The van der Waals surface area contributed by atoms with Gasteiger partial charge in [0.1, 0.15) is 17.4 Å². The van der Waals surface area contributed by atoms with E-state index in [0.717, 1.165) is 41.7 Å². The van der Waals surface area contributed by atoms with Crippen LogP contribution < -0.4 is 4.74 Å². The number of fused-ring (bicyclic) bond motifs is 1. The summed E-state index contributed by atoms with van der Waals surface area (Å²) in [5, 5.41) is 6.38. The van der Waals surface area contributed by atoms with Crippen LogP contribution >= 0.6 is 0 Å². The van der Waals surface area contributed by atoms with E-state index in [0.29, 0.717) is 11.3 Å². The second-order valence-electron chi connectivity index (χ2n) is 8.58. The van der Waals surface area contributed by atoms with Crippen molar-refractivity contribution in [1.82, 2.24) is 5.01 Å². The Bertz CT molecular complexity index is 1250. The van der Waals surface area contributed by atoms with Crippen molar-refractivity contribution in [1.29, 1.82) is 0 Å². The molecule has 4 nitrogen and oxygen atoms in total. The number of carbonyl (C=O) groups excluding carboxylic acids is 1. The summed E-state index contributed by atoms with van der Waals surface area (Å²) in [7, 11) is 1.58. The van der Waals surface area contributed by atoms with Crippen molar-refractivity contribution in [2.24, 2.45) is 11.0 Å². The second-order valence-corrected chi connectivity index (χ2v) is 8.58. The highest BCUT2D eigenvalue weighted by Crippen LogP contribution is 2.45. The Morgan fingerprint density at radius 3 is 2.26 bits per heavy atom. The van der Waals surface area contributed by atoms with Crippen LogP contribution in [0.25, 0.3) is 6.08 Å². The number of methoxy groups -OCH3 is 1. The summed E-state index contributed by atoms with van der Waals surface area (Å²) in [4.78, 5) is 13.6. The van der Waals surface area contributed by atoms with Crippen LogP contribution in [-0.4, -0.2) is 23.7 Å². The summed E-state index contributed by atoms with van der Waals surface area (Å²) in [6.07, 6.45) is 4.66. The number of halogens is 2. The minimum Gasteiger partial charge on any atom is -0.497 e. The maximum Gasteiger partial charge on any atom is 0.274 e. The number of hydrogen-bond donors (Lipinski definition) is 0. The van der Waals surface area contributed by atoms with E-state index in [1.54, 1.807) is 60.6 Å². The first-order valence-corrected chi connectivity index (χ1v) is 11.3. The first-order valence-electron chi connectivity index (χ1n) is 11.3. The lowest BCUT2D eigenvalue weighted by atomic mass is 9.77. The molecule has 1 saturated carbocycles. The molecule has 5 rings (SSSR count). The largest absolute Gasteiger partial charge is 0.497 e. The monoisotopic (exact) mass is 458 g/mol. The predicted octanol–water partition coefficient (Wildman–Crippen LogP) is 6.41. The summed E-state index contributed by atoms with van der Waals surface area (Å²) in [5.74, 6) is -0.170. The van der Waals surface area contributed by atoms with Gasteiger partial charge < -0.3 is 4.74 Å². The normalized spacial score (nSPS) is 20.7. The maximum absolute atomic E-state index is 13.7. The molecule has 3 aromatic carbocycles. The topological polar surface area (TPSA) is 41.9 Å². The Morgan fingerprint density at radius 1 is 0.971 bits per heavy atom. The van der Waals surface area contributed by atoms with Gasteiger partial charge in [-0.15, -0.1) is 0 Å². The number of carbonyl (C=O) groups is 1. The molecule has 2 aliphatic rings. The molecule has 1 aliphatic carbocycles. The average molecular weight is 459 g/mol. The second kappa shape index (κ2) is 9.21. The van der Waals surface area contributed by atoms with Crippen LogP contribution in [-0.2, 0) is 0 Å². The Balaban J connectivity index is 1.56. The van der Waals surface area contributed by atoms with Crippen LogP contribution in [0.15, 0.2) is 83.5 Å². The fourth-order valence-electron chi connectivity index (χ4n) is 4.79. The first-order chi connectivity index (χ1) is 16.5. The Hall–Kier alpha value is -3.80. The number of amides is 1. The third-order valence-electron chi connectivity index (χ3n) is 6.47. The van der Waals surface area contributed by atoms with Gasteiger partial charge >= 0.3 is 0 Å². The van der Waals surface area contributed by atoms with Gasteiger partial charge in [-0.2, -0.15) is 5.10 Å². The molecular weight excluding hydrogens is 434 g/mol. The van der Waals surface area contributed by atoms with Crippen molar-refractivity contribution in [3.63, 3.8) is 0 Å². The zero-order chi connectivity index (χ0) is 23.7. The van der Waals surface area contributed by atoms with E-state index in [-0.39, 0.29) is 29.5 Å². The highest BCUT2D eigenvalue weighted by Gasteiger charge is 2.43. The Kier molecular flexibility index (Phi) is 5.97. The van der Waals surface area contributed by atoms with E-state index < -0.39 is 0 Å². The zero-order valence-electron chi connectivity index (χ0n) is 18.7. The van der Waals surface area contributed by atoms with E-state index in [9.17, 15) is 13.6 Å². The van der Waals surface area contributed by atoms with Gasteiger partial charge in [0.15, 0.2) is 0 Å². The number of benzene rings is 3.